The summed E-state index contributed by atoms with van der Waals surface area (Å²) in [5, 5.41) is 3.30. The van der Waals surface area contributed by atoms with E-state index >= 15 is 0 Å². The van der Waals surface area contributed by atoms with Crippen LogP contribution in [0.2, 0.25) is 0 Å². The third-order valence-corrected chi connectivity index (χ3v) is 2.56. The van der Waals surface area contributed by atoms with Crippen molar-refractivity contribution < 1.29 is 4.74 Å². The molecule has 0 aliphatic carbocycles. The van der Waals surface area contributed by atoms with Gasteiger partial charge in [-0.1, -0.05) is 12.1 Å². The van der Waals surface area contributed by atoms with Crippen LogP contribution in [0.4, 0.5) is 5.82 Å². The largest absolute Gasteiger partial charge is 0.497 e. The highest BCUT2D eigenvalue weighted by Gasteiger charge is 2.05. The van der Waals surface area contributed by atoms with Gasteiger partial charge < -0.3 is 10.1 Å². The van der Waals surface area contributed by atoms with Crippen LogP contribution in [0.5, 0.6) is 5.75 Å². The number of methoxy groups -OCH3 is 1. The van der Waals surface area contributed by atoms with Crippen LogP contribution in [0.1, 0.15) is 18.5 Å². The summed E-state index contributed by atoms with van der Waals surface area (Å²) in [6, 6.07) is 10.0. The molecule has 17 heavy (non-hydrogen) atoms. The van der Waals surface area contributed by atoms with Gasteiger partial charge in [0.1, 0.15) is 17.9 Å². The summed E-state index contributed by atoms with van der Waals surface area (Å²) in [6.45, 7) is 2.09. The number of hydrogen-bond acceptors (Lipinski definition) is 4. The average molecular weight is 229 g/mol. The van der Waals surface area contributed by atoms with Gasteiger partial charge in [0.05, 0.1) is 7.11 Å². The quantitative estimate of drug-likeness (QED) is 0.875. The molecule has 0 bridgehead atoms. The number of nitrogens with zero attached hydrogens (tertiary/aromatic N) is 2. The predicted molar refractivity (Wildman–Crippen MR) is 67.1 cm³/mol. The molecule has 88 valence electrons. The maximum Gasteiger partial charge on any atom is 0.129 e. The zero-order chi connectivity index (χ0) is 12.1. The normalized spacial score (nSPS) is 11.9. The Morgan fingerprint density at radius 3 is 2.53 bits per heavy atom. The van der Waals surface area contributed by atoms with E-state index in [2.05, 4.69) is 22.2 Å². The summed E-state index contributed by atoms with van der Waals surface area (Å²) in [6.07, 6.45) is 3.25. The van der Waals surface area contributed by atoms with Crippen molar-refractivity contribution in [3.63, 3.8) is 0 Å². The predicted octanol–water partition coefficient (Wildman–Crippen LogP) is 2.66. The van der Waals surface area contributed by atoms with E-state index in [1.54, 1.807) is 13.3 Å². The van der Waals surface area contributed by atoms with E-state index in [1.165, 1.54) is 11.9 Å². The Balaban J connectivity index is 2.06. The fraction of sp³-hybridized carbons (Fsp3) is 0.231. The molecular formula is C13H15N3O. The van der Waals surface area contributed by atoms with E-state index in [0.29, 0.717) is 0 Å². The molecule has 0 aliphatic rings. The molecule has 1 atom stereocenters. The van der Waals surface area contributed by atoms with Gasteiger partial charge in [-0.2, -0.15) is 0 Å². The summed E-state index contributed by atoms with van der Waals surface area (Å²) < 4.78 is 5.13. The molecule has 0 saturated heterocycles. The van der Waals surface area contributed by atoms with E-state index < -0.39 is 0 Å². The van der Waals surface area contributed by atoms with Gasteiger partial charge >= 0.3 is 0 Å². The van der Waals surface area contributed by atoms with Gasteiger partial charge in [-0.15, -0.1) is 0 Å². The second-order valence-electron chi connectivity index (χ2n) is 3.73. The van der Waals surface area contributed by atoms with Gasteiger partial charge in [-0.25, -0.2) is 9.97 Å². The van der Waals surface area contributed by atoms with Gasteiger partial charge in [0, 0.05) is 12.2 Å². The molecule has 0 saturated carbocycles. The van der Waals surface area contributed by atoms with Gasteiger partial charge in [0.2, 0.25) is 0 Å². The Morgan fingerprint density at radius 2 is 1.94 bits per heavy atom. The number of nitrogens with one attached hydrogen (secondary N) is 1. The van der Waals surface area contributed by atoms with E-state index in [1.807, 2.05) is 30.3 Å². The molecule has 2 rings (SSSR count). The molecule has 1 aromatic carbocycles. The van der Waals surface area contributed by atoms with Crippen LogP contribution in [-0.2, 0) is 0 Å². The van der Waals surface area contributed by atoms with Crippen LogP contribution in [0.3, 0.4) is 0 Å². The zero-order valence-corrected chi connectivity index (χ0v) is 9.92. The third-order valence-electron chi connectivity index (χ3n) is 2.56. The lowest BCUT2D eigenvalue weighted by molar-refractivity contribution is 0.414. The summed E-state index contributed by atoms with van der Waals surface area (Å²) in [4.78, 5) is 8.01. The summed E-state index contributed by atoms with van der Waals surface area (Å²) in [5.74, 6) is 1.69. The van der Waals surface area contributed by atoms with Crippen molar-refractivity contribution in [2.24, 2.45) is 0 Å². The first-order chi connectivity index (χ1) is 8.29. The number of ether oxygens (including phenoxy) is 1. The summed E-state index contributed by atoms with van der Waals surface area (Å²) in [7, 11) is 1.66. The minimum absolute atomic E-state index is 0.191. The first-order valence-corrected chi connectivity index (χ1v) is 5.46. The van der Waals surface area contributed by atoms with Crippen LogP contribution in [0.25, 0.3) is 0 Å². The van der Waals surface area contributed by atoms with Crippen molar-refractivity contribution in [1.29, 1.82) is 0 Å². The van der Waals surface area contributed by atoms with E-state index in [4.69, 9.17) is 4.74 Å². The fourth-order valence-electron chi connectivity index (χ4n) is 1.57. The van der Waals surface area contributed by atoms with Crippen LogP contribution in [-0.4, -0.2) is 17.1 Å². The first kappa shape index (κ1) is 11.4. The van der Waals surface area contributed by atoms with Crippen molar-refractivity contribution in [3.05, 3.63) is 48.4 Å². The van der Waals surface area contributed by atoms with Gasteiger partial charge in [-0.05, 0) is 30.7 Å². The second kappa shape index (κ2) is 5.30. The molecule has 4 nitrogen and oxygen atoms in total. The van der Waals surface area contributed by atoms with E-state index in [9.17, 15) is 0 Å². The Labute approximate surface area is 101 Å². The molecule has 0 spiro atoms. The molecular weight excluding hydrogens is 214 g/mol. The lowest BCUT2D eigenvalue weighted by Crippen LogP contribution is -2.07. The minimum atomic E-state index is 0.191. The summed E-state index contributed by atoms with van der Waals surface area (Å²) >= 11 is 0. The number of aromatic nitrogens is 2. The number of benzene rings is 1. The van der Waals surface area contributed by atoms with E-state index in [-0.39, 0.29) is 6.04 Å². The highest BCUT2D eigenvalue weighted by molar-refractivity contribution is 5.37. The number of hydrogen-bond donors (Lipinski definition) is 1. The Kier molecular flexibility index (Phi) is 3.55. The highest BCUT2D eigenvalue weighted by Crippen LogP contribution is 2.20. The Bertz CT molecular complexity index is 456. The minimum Gasteiger partial charge on any atom is -0.497 e. The van der Waals surface area contributed by atoms with Crippen molar-refractivity contribution in [2.45, 2.75) is 13.0 Å². The van der Waals surface area contributed by atoms with Crippen LogP contribution in [0.15, 0.2) is 42.9 Å². The first-order valence-electron chi connectivity index (χ1n) is 5.46. The second-order valence-corrected chi connectivity index (χ2v) is 3.73. The van der Waals surface area contributed by atoms with Gasteiger partial charge in [0.15, 0.2) is 0 Å². The Hall–Kier alpha value is -2.10. The number of rotatable bonds is 4. The topological polar surface area (TPSA) is 47.0 Å². The standard InChI is InChI=1S/C13H15N3O/c1-10(16-13-7-8-14-9-15-13)11-3-5-12(17-2)6-4-11/h3-10H,1-2H3,(H,14,15,16)/t10-/m0/s1. The molecule has 0 amide bonds. The van der Waals surface area contributed by atoms with Gasteiger partial charge in [0.25, 0.3) is 0 Å². The van der Waals surface area contributed by atoms with Crippen molar-refractivity contribution in [2.75, 3.05) is 12.4 Å². The average Bonchev–Trinajstić information content (AvgIpc) is 2.40. The molecule has 2 aromatic rings. The lowest BCUT2D eigenvalue weighted by Gasteiger charge is -2.14. The van der Waals surface area contributed by atoms with Crippen LogP contribution >= 0.6 is 0 Å². The Morgan fingerprint density at radius 1 is 1.18 bits per heavy atom. The molecule has 1 aromatic heterocycles. The lowest BCUT2D eigenvalue weighted by atomic mass is 10.1. The van der Waals surface area contributed by atoms with Gasteiger partial charge in [-0.3, -0.25) is 0 Å². The van der Waals surface area contributed by atoms with Crippen LogP contribution < -0.4 is 10.1 Å². The molecule has 1 N–H and O–H groups in total. The zero-order valence-electron chi connectivity index (χ0n) is 9.92. The van der Waals surface area contributed by atoms with Crippen molar-refractivity contribution in [3.8, 4) is 5.75 Å². The highest BCUT2D eigenvalue weighted by atomic mass is 16.5. The maximum atomic E-state index is 5.13. The molecule has 0 radical (unpaired) electrons. The van der Waals surface area contributed by atoms with Crippen LogP contribution in [0, 0.1) is 0 Å². The molecule has 4 heteroatoms. The third kappa shape index (κ3) is 2.93. The van der Waals surface area contributed by atoms with Crippen molar-refractivity contribution >= 4 is 5.82 Å². The van der Waals surface area contributed by atoms with E-state index in [0.717, 1.165) is 11.6 Å². The molecule has 0 aliphatic heterocycles. The monoisotopic (exact) mass is 229 g/mol. The fourth-order valence-corrected chi connectivity index (χ4v) is 1.57. The molecule has 0 fully saturated rings. The molecule has 1 heterocycles. The number of anilines is 1. The SMILES string of the molecule is COc1ccc([C@H](C)Nc2ccncn2)cc1. The smallest absolute Gasteiger partial charge is 0.129 e. The molecule has 0 unspecified atom stereocenters. The summed E-state index contributed by atoms with van der Waals surface area (Å²) in [5.41, 5.74) is 1.18. The maximum absolute atomic E-state index is 5.13. The van der Waals surface area contributed by atoms with Crippen molar-refractivity contribution in [1.82, 2.24) is 9.97 Å².